The number of carbonyl (C=O) groups is 1. The van der Waals surface area contributed by atoms with Gasteiger partial charge in [0.2, 0.25) is 5.91 Å². The van der Waals surface area contributed by atoms with Crippen molar-refractivity contribution in [2.45, 2.75) is 6.04 Å². The van der Waals surface area contributed by atoms with E-state index in [0.717, 1.165) is 11.3 Å². The topological polar surface area (TPSA) is 77.2 Å². The zero-order valence-corrected chi connectivity index (χ0v) is 10.5. The number of benzene rings is 1. The number of primary amides is 1. The van der Waals surface area contributed by atoms with Gasteiger partial charge in [0.1, 0.15) is 11.8 Å². The van der Waals surface area contributed by atoms with Crippen molar-refractivity contribution in [1.29, 1.82) is 0 Å². The molecule has 5 nitrogen and oxygen atoms in total. The van der Waals surface area contributed by atoms with Gasteiger partial charge in [-0.3, -0.25) is 9.78 Å². The van der Waals surface area contributed by atoms with Crippen LogP contribution in [-0.2, 0) is 4.79 Å². The number of hydrogen-bond acceptors (Lipinski definition) is 4. The number of nitrogens with two attached hydrogens (primary N) is 1. The molecule has 3 N–H and O–H groups in total. The Hall–Kier alpha value is -2.56. The summed E-state index contributed by atoms with van der Waals surface area (Å²) in [5.74, 6) is 0.246. The Labute approximate surface area is 111 Å². The summed E-state index contributed by atoms with van der Waals surface area (Å²) in [7, 11) is 1.59. The van der Waals surface area contributed by atoms with Crippen LogP contribution in [0.1, 0.15) is 11.6 Å². The quantitative estimate of drug-likeness (QED) is 0.855. The fourth-order valence-electron chi connectivity index (χ4n) is 1.74. The van der Waals surface area contributed by atoms with Gasteiger partial charge in [-0.15, -0.1) is 0 Å². The van der Waals surface area contributed by atoms with Crippen LogP contribution < -0.4 is 15.8 Å². The number of carbonyl (C=O) groups excluding carboxylic acids is 1. The third kappa shape index (κ3) is 3.22. The van der Waals surface area contributed by atoms with Gasteiger partial charge in [-0.05, 0) is 18.2 Å². The Kier molecular flexibility index (Phi) is 3.97. The van der Waals surface area contributed by atoms with Crippen LogP contribution in [0.3, 0.4) is 0 Å². The lowest BCUT2D eigenvalue weighted by molar-refractivity contribution is -0.118. The van der Waals surface area contributed by atoms with Crippen LogP contribution in [-0.4, -0.2) is 18.0 Å². The fourth-order valence-corrected chi connectivity index (χ4v) is 1.74. The number of anilines is 1. The molecule has 0 saturated carbocycles. The summed E-state index contributed by atoms with van der Waals surface area (Å²) in [6.07, 6.45) is 3.26. The molecule has 1 aromatic heterocycles. The zero-order chi connectivity index (χ0) is 13.7. The molecule has 98 valence electrons. The third-order valence-electron chi connectivity index (χ3n) is 2.68. The van der Waals surface area contributed by atoms with Crippen molar-refractivity contribution >= 4 is 11.6 Å². The number of aromatic nitrogens is 1. The van der Waals surface area contributed by atoms with Crippen LogP contribution in [0, 0.1) is 0 Å². The molecular formula is C14H15N3O2. The zero-order valence-electron chi connectivity index (χ0n) is 10.5. The standard InChI is InChI=1S/C14H15N3O2/c1-19-12-6-2-5-11(8-12)17-13(14(15)18)10-4-3-7-16-9-10/h2-9,13,17H,1H3,(H2,15,18). The molecule has 1 unspecified atom stereocenters. The van der Waals surface area contributed by atoms with Crippen molar-refractivity contribution in [3.05, 3.63) is 54.4 Å². The van der Waals surface area contributed by atoms with Crippen molar-refractivity contribution in [3.63, 3.8) is 0 Å². The van der Waals surface area contributed by atoms with Crippen molar-refractivity contribution in [2.24, 2.45) is 5.73 Å². The van der Waals surface area contributed by atoms with E-state index in [1.54, 1.807) is 37.7 Å². The molecule has 0 aliphatic carbocycles. The van der Waals surface area contributed by atoms with Gasteiger partial charge in [-0.2, -0.15) is 0 Å². The summed E-state index contributed by atoms with van der Waals surface area (Å²) >= 11 is 0. The highest BCUT2D eigenvalue weighted by Crippen LogP contribution is 2.22. The highest BCUT2D eigenvalue weighted by molar-refractivity contribution is 5.84. The first kappa shape index (κ1) is 12.9. The van der Waals surface area contributed by atoms with E-state index in [0.29, 0.717) is 5.75 Å². The smallest absolute Gasteiger partial charge is 0.244 e. The first-order valence-corrected chi connectivity index (χ1v) is 5.80. The summed E-state index contributed by atoms with van der Waals surface area (Å²) < 4.78 is 5.13. The lowest BCUT2D eigenvalue weighted by Gasteiger charge is -2.17. The molecule has 1 heterocycles. The average molecular weight is 257 g/mol. The molecule has 5 heteroatoms. The molecule has 19 heavy (non-hydrogen) atoms. The number of methoxy groups -OCH3 is 1. The molecule has 0 aliphatic heterocycles. The van der Waals surface area contributed by atoms with E-state index in [2.05, 4.69) is 10.3 Å². The van der Waals surface area contributed by atoms with E-state index in [1.165, 1.54) is 0 Å². The highest BCUT2D eigenvalue weighted by Gasteiger charge is 2.17. The minimum Gasteiger partial charge on any atom is -0.497 e. The first-order chi connectivity index (χ1) is 9.20. The van der Waals surface area contributed by atoms with Gasteiger partial charge in [0.15, 0.2) is 0 Å². The van der Waals surface area contributed by atoms with Crippen LogP contribution in [0.2, 0.25) is 0 Å². The number of amides is 1. The fraction of sp³-hybridized carbons (Fsp3) is 0.143. The molecule has 1 aromatic carbocycles. The number of ether oxygens (including phenoxy) is 1. The monoisotopic (exact) mass is 257 g/mol. The molecule has 2 aromatic rings. The Morgan fingerprint density at radius 2 is 2.21 bits per heavy atom. The van der Waals surface area contributed by atoms with Crippen molar-refractivity contribution < 1.29 is 9.53 Å². The van der Waals surface area contributed by atoms with Crippen LogP contribution in [0.4, 0.5) is 5.69 Å². The van der Waals surface area contributed by atoms with Crippen LogP contribution in [0.25, 0.3) is 0 Å². The van der Waals surface area contributed by atoms with E-state index in [9.17, 15) is 4.79 Å². The van der Waals surface area contributed by atoms with Gasteiger partial charge < -0.3 is 15.8 Å². The summed E-state index contributed by atoms with van der Waals surface area (Å²) in [6.45, 7) is 0. The van der Waals surface area contributed by atoms with Crippen molar-refractivity contribution in [2.75, 3.05) is 12.4 Å². The van der Waals surface area contributed by atoms with E-state index in [-0.39, 0.29) is 0 Å². The number of pyridine rings is 1. The Balaban J connectivity index is 2.24. The van der Waals surface area contributed by atoms with E-state index in [4.69, 9.17) is 10.5 Å². The van der Waals surface area contributed by atoms with E-state index < -0.39 is 11.9 Å². The van der Waals surface area contributed by atoms with Crippen LogP contribution >= 0.6 is 0 Å². The molecule has 0 spiro atoms. The molecule has 0 bridgehead atoms. The van der Waals surface area contributed by atoms with Gasteiger partial charge in [0.25, 0.3) is 0 Å². The molecule has 1 amide bonds. The third-order valence-corrected chi connectivity index (χ3v) is 2.68. The largest absolute Gasteiger partial charge is 0.497 e. The van der Waals surface area contributed by atoms with Gasteiger partial charge in [-0.25, -0.2) is 0 Å². The number of rotatable bonds is 5. The van der Waals surface area contributed by atoms with Crippen molar-refractivity contribution in [3.8, 4) is 5.75 Å². The lowest BCUT2D eigenvalue weighted by atomic mass is 10.1. The molecule has 0 saturated heterocycles. The Morgan fingerprint density at radius 3 is 2.84 bits per heavy atom. The molecule has 0 fully saturated rings. The summed E-state index contributed by atoms with van der Waals surface area (Å²) in [4.78, 5) is 15.6. The number of nitrogens with zero attached hydrogens (tertiary/aromatic N) is 1. The normalized spacial score (nSPS) is 11.6. The van der Waals surface area contributed by atoms with Crippen molar-refractivity contribution in [1.82, 2.24) is 4.98 Å². The minimum atomic E-state index is -0.624. The summed E-state index contributed by atoms with van der Waals surface area (Å²) in [5.41, 5.74) is 6.90. The van der Waals surface area contributed by atoms with Gasteiger partial charge in [0.05, 0.1) is 7.11 Å². The predicted octanol–water partition coefficient (Wildman–Crippen LogP) is 1.73. The molecule has 0 radical (unpaired) electrons. The van der Waals surface area contributed by atoms with Crippen LogP contribution in [0.5, 0.6) is 5.75 Å². The Bertz CT molecular complexity index is 558. The predicted molar refractivity (Wildman–Crippen MR) is 72.8 cm³/mol. The molecule has 0 aliphatic rings. The van der Waals surface area contributed by atoms with Gasteiger partial charge in [0, 0.05) is 29.7 Å². The maximum absolute atomic E-state index is 11.6. The maximum atomic E-state index is 11.6. The second-order valence-electron chi connectivity index (χ2n) is 4.00. The van der Waals surface area contributed by atoms with Gasteiger partial charge in [-0.1, -0.05) is 12.1 Å². The van der Waals surface area contributed by atoms with Gasteiger partial charge >= 0.3 is 0 Å². The first-order valence-electron chi connectivity index (χ1n) is 5.80. The highest BCUT2D eigenvalue weighted by atomic mass is 16.5. The molecular weight excluding hydrogens is 242 g/mol. The lowest BCUT2D eigenvalue weighted by Crippen LogP contribution is -2.27. The molecule has 1 atom stereocenters. The van der Waals surface area contributed by atoms with Crippen LogP contribution in [0.15, 0.2) is 48.8 Å². The summed E-state index contributed by atoms with van der Waals surface area (Å²) in [6, 6.07) is 10.2. The maximum Gasteiger partial charge on any atom is 0.244 e. The minimum absolute atomic E-state index is 0.462. The second kappa shape index (κ2) is 5.86. The number of hydrogen-bond donors (Lipinski definition) is 2. The molecule has 2 rings (SSSR count). The average Bonchev–Trinajstić information content (AvgIpc) is 2.45. The number of nitrogens with one attached hydrogen (secondary N) is 1. The SMILES string of the molecule is COc1cccc(NC(C(N)=O)c2cccnc2)c1. The van der Waals surface area contributed by atoms with E-state index >= 15 is 0 Å². The summed E-state index contributed by atoms with van der Waals surface area (Å²) in [5, 5.41) is 3.07. The second-order valence-corrected chi connectivity index (χ2v) is 4.00. The van der Waals surface area contributed by atoms with E-state index in [1.807, 2.05) is 18.2 Å². The Morgan fingerprint density at radius 1 is 1.37 bits per heavy atom.